The summed E-state index contributed by atoms with van der Waals surface area (Å²) in [6.07, 6.45) is 0. The van der Waals surface area contributed by atoms with E-state index in [1.165, 1.54) is 0 Å². The highest BCUT2D eigenvalue weighted by molar-refractivity contribution is 5.97. The Bertz CT molecular complexity index is 1130. The molecule has 2 aliphatic heterocycles. The van der Waals surface area contributed by atoms with Crippen LogP contribution in [0, 0.1) is 6.92 Å². The van der Waals surface area contributed by atoms with Gasteiger partial charge < -0.3 is 14.4 Å². The predicted molar refractivity (Wildman–Crippen MR) is 113 cm³/mol. The fourth-order valence-corrected chi connectivity index (χ4v) is 4.56. The number of hydrogen-bond acceptors (Lipinski definition) is 4. The third kappa shape index (κ3) is 2.42. The van der Waals surface area contributed by atoms with Crippen molar-refractivity contribution in [2.24, 2.45) is 0 Å². The molecule has 2 heterocycles. The average Bonchev–Trinajstić information content (AvgIpc) is 3.02. The van der Waals surface area contributed by atoms with E-state index in [0.717, 1.165) is 52.5 Å². The Kier molecular flexibility index (Phi) is 3.91. The van der Waals surface area contributed by atoms with Gasteiger partial charge in [-0.3, -0.25) is 0 Å². The number of aryl methyl sites for hydroxylation is 1. The second-order valence-electron chi connectivity index (χ2n) is 7.57. The van der Waals surface area contributed by atoms with E-state index in [4.69, 9.17) is 9.47 Å². The Morgan fingerprint density at radius 1 is 0.862 bits per heavy atom. The predicted octanol–water partition coefficient (Wildman–Crippen LogP) is 5.41. The fourth-order valence-electron chi connectivity index (χ4n) is 4.56. The first kappa shape index (κ1) is 17.8. The van der Waals surface area contributed by atoms with E-state index >= 15 is 0 Å². The lowest BCUT2D eigenvalue weighted by Crippen LogP contribution is -2.33. The highest BCUT2D eigenvalue weighted by Gasteiger charge is 2.53. The quantitative estimate of drug-likeness (QED) is 0.565. The number of nitrogens with zero attached hydrogens (tertiary/aromatic N) is 1. The summed E-state index contributed by atoms with van der Waals surface area (Å²) in [7, 11) is 0. The van der Waals surface area contributed by atoms with E-state index in [2.05, 4.69) is 30.9 Å². The number of fused-ring (bicyclic) bond motifs is 6. The van der Waals surface area contributed by atoms with Crippen LogP contribution in [0.3, 0.4) is 0 Å². The first-order valence-electron chi connectivity index (χ1n) is 10.1. The second-order valence-corrected chi connectivity index (χ2v) is 7.57. The molecule has 0 radical (unpaired) electrons. The van der Waals surface area contributed by atoms with Gasteiger partial charge in [0.2, 0.25) is 0 Å². The van der Waals surface area contributed by atoms with Gasteiger partial charge in [0.25, 0.3) is 0 Å². The number of rotatable bonds is 3. The van der Waals surface area contributed by atoms with Crippen molar-refractivity contribution >= 4 is 11.7 Å². The van der Waals surface area contributed by atoms with E-state index in [1.807, 2.05) is 55.5 Å². The fraction of sp³-hybridized carbons (Fsp3) is 0.240. The topological polar surface area (TPSA) is 38.8 Å². The summed E-state index contributed by atoms with van der Waals surface area (Å²) < 4.78 is 12.5. The maximum Gasteiger partial charge on any atom is 0.340 e. The number of hydrogen-bond donors (Lipinski definition) is 0. The Labute approximate surface area is 170 Å². The van der Waals surface area contributed by atoms with Crippen LogP contribution in [0.1, 0.15) is 46.5 Å². The largest absolute Gasteiger partial charge is 0.456 e. The number of ether oxygens (including phenoxy) is 2. The highest BCUT2D eigenvalue weighted by atomic mass is 16.6. The third-order valence-corrected chi connectivity index (χ3v) is 5.98. The van der Waals surface area contributed by atoms with Crippen molar-refractivity contribution in [3.63, 3.8) is 0 Å². The van der Waals surface area contributed by atoms with Crippen LogP contribution in [0.5, 0.6) is 11.5 Å². The van der Waals surface area contributed by atoms with Crippen molar-refractivity contribution in [2.45, 2.75) is 26.4 Å². The van der Waals surface area contributed by atoms with Crippen LogP contribution in [-0.4, -0.2) is 19.1 Å². The third-order valence-electron chi connectivity index (χ3n) is 5.98. The lowest BCUT2D eigenvalue weighted by molar-refractivity contribution is 0.0224. The molecule has 3 aromatic rings. The van der Waals surface area contributed by atoms with Crippen LogP contribution in [0.15, 0.2) is 60.7 Å². The van der Waals surface area contributed by atoms with Crippen molar-refractivity contribution in [3.05, 3.63) is 88.5 Å². The van der Waals surface area contributed by atoms with Gasteiger partial charge in [-0.25, -0.2) is 4.79 Å². The van der Waals surface area contributed by atoms with Gasteiger partial charge >= 0.3 is 5.97 Å². The number of carbonyl (C=O) groups excluding carboxylic acids is 1. The first-order valence-corrected chi connectivity index (χ1v) is 10.1. The van der Waals surface area contributed by atoms with Crippen LogP contribution in [0.4, 0.5) is 5.69 Å². The number of esters is 1. The van der Waals surface area contributed by atoms with E-state index in [0.29, 0.717) is 5.56 Å². The summed E-state index contributed by atoms with van der Waals surface area (Å²) in [4.78, 5) is 15.1. The molecular weight excluding hydrogens is 362 g/mol. The number of anilines is 1. The zero-order chi connectivity index (χ0) is 20.2. The molecule has 1 atom stereocenters. The molecule has 0 unspecified atom stereocenters. The second kappa shape index (κ2) is 6.38. The molecule has 0 bridgehead atoms. The van der Waals surface area contributed by atoms with Crippen LogP contribution in [-0.2, 0) is 10.3 Å². The minimum absolute atomic E-state index is 0.298. The standard InChI is InChI=1S/C25H23NO3/c1-4-26(5-2)17-11-13-21-23(15-17)28-22-14-16(3)10-12-20(22)25(21)19-9-7-6-8-18(19)24(27)29-25/h6-15H,4-5H2,1-3H3/t25-/m0/s1. The number of carbonyl (C=O) groups is 1. The summed E-state index contributed by atoms with van der Waals surface area (Å²) in [6.45, 7) is 8.13. The van der Waals surface area contributed by atoms with Crippen LogP contribution in [0.25, 0.3) is 0 Å². The molecule has 0 amide bonds. The summed E-state index contributed by atoms with van der Waals surface area (Å²) in [5.74, 6) is 1.17. The zero-order valence-electron chi connectivity index (χ0n) is 16.9. The first-order chi connectivity index (χ1) is 14.1. The van der Waals surface area contributed by atoms with Gasteiger partial charge in [-0.1, -0.05) is 30.3 Å². The molecule has 29 heavy (non-hydrogen) atoms. The normalized spacial score (nSPS) is 18.5. The van der Waals surface area contributed by atoms with E-state index in [9.17, 15) is 4.79 Å². The Morgan fingerprint density at radius 2 is 1.55 bits per heavy atom. The van der Waals surface area contributed by atoms with Gasteiger partial charge in [0, 0.05) is 41.5 Å². The van der Waals surface area contributed by atoms with Gasteiger partial charge in [0.1, 0.15) is 11.5 Å². The summed E-state index contributed by atoms with van der Waals surface area (Å²) >= 11 is 0. The van der Waals surface area contributed by atoms with Gasteiger partial charge in [-0.05, 0) is 50.6 Å². The Hall–Kier alpha value is -3.27. The van der Waals surface area contributed by atoms with Crippen molar-refractivity contribution < 1.29 is 14.3 Å². The van der Waals surface area contributed by atoms with E-state index in [1.54, 1.807) is 0 Å². The Morgan fingerprint density at radius 3 is 2.31 bits per heavy atom. The molecule has 146 valence electrons. The molecule has 0 aliphatic carbocycles. The van der Waals surface area contributed by atoms with E-state index < -0.39 is 5.60 Å². The molecule has 3 aromatic carbocycles. The van der Waals surface area contributed by atoms with Gasteiger partial charge in [-0.2, -0.15) is 0 Å². The maximum atomic E-state index is 12.8. The summed E-state index contributed by atoms with van der Waals surface area (Å²) in [5, 5.41) is 0. The van der Waals surface area contributed by atoms with Crippen molar-refractivity contribution in [2.75, 3.05) is 18.0 Å². The van der Waals surface area contributed by atoms with Crippen LogP contribution < -0.4 is 9.64 Å². The zero-order valence-corrected chi connectivity index (χ0v) is 16.9. The van der Waals surface area contributed by atoms with Gasteiger partial charge in [0.05, 0.1) is 5.56 Å². The highest BCUT2D eigenvalue weighted by Crippen LogP contribution is 2.56. The van der Waals surface area contributed by atoms with E-state index in [-0.39, 0.29) is 5.97 Å². The van der Waals surface area contributed by atoms with Crippen molar-refractivity contribution in [3.8, 4) is 11.5 Å². The molecule has 0 saturated heterocycles. The van der Waals surface area contributed by atoms with Crippen LogP contribution >= 0.6 is 0 Å². The molecule has 2 aliphatic rings. The summed E-state index contributed by atoms with van der Waals surface area (Å²) in [6, 6.07) is 19.9. The summed E-state index contributed by atoms with van der Waals surface area (Å²) in [5.41, 5.74) is 4.42. The molecule has 0 fully saturated rings. The molecule has 1 spiro atoms. The average molecular weight is 385 g/mol. The molecule has 0 aromatic heterocycles. The number of benzene rings is 3. The molecule has 5 rings (SSSR count). The minimum atomic E-state index is -0.980. The lowest BCUT2D eigenvalue weighted by atomic mass is 9.77. The molecule has 4 heteroatoms. The van der Waals surface area contributed by atoms with Crippen molar-refractivity contribution in [1.82, 2.24) is 0 Å². The Balaban J connectivity index is 1.80. The molecular formula is C25H23NO3. The van der Waals surface area contributed by atoms with Crippen molar-refractivity contribution in [1.29, 1.82) is 0 Å². The minimum Gasteiger partial charge on any atom is -0.456 e. The lowest BCUT2D eigenvalue weighted by Gasteiger charge is -2.37. The van der Waals surface area contributed by atoms with Crippen LogP contribution in [0.2, 0.25) is 0 Å². The molecule has 0 N–H and O–H groups in total. The van der Waals surface area contributed by atoms with Gasteiger partial charge in [0.15, 0.2) is 5.60 Å². The molecule has 0 saturated carbocycles. The maximum absolute atomic E-state index is 12.8. The van der Waals surface area contributed by atoms with Gasteiger partial charge in [-0.15, -0.1) is 0 Å². The SMILES string of the molecule is CCN(CC)c1ccc2c(c1)Oc1cc(C)ccc1[C@]21OC(=O)c2ccccc21. The smallest absolute Gasteiger partial charge is 0.340 e. The monoisotopic (exact) mass is 385 g/mol. The molecule has 4 nitrogen and oxygen atoms in total.